The van der Waals surface area contributed by atoms with Crippen molar-refractivity contribution in [1.29, 1.82) is 0 Å². The van der Waals surface area contributed by atoms with Crippen LogP contribution in [0, 0.1) is 0 Å². The number of ether oxygens (including phenoxy) is 2. The number of rotatable bonds is 8. The summed E-state index contributed by atoms with van der Waals surface area (Å²) in [6.45, 7) is 3.75. The smallest absolute Gasteiger partial charge is 0.337 e. The van der Waals surface area contributed by atoms with E-state index < -0.39 is 11.6 Å². The zero-order chi connectivity index (χ0) is 24.2. The predicted molar refractivity (Wildman–Crippen MR) is 128 cm³/mol. The van der Waals surface area contributed by atoms with Crippen molar-refractivity contribution < 1.29 is 19.4 Å². The summed E-state index contributed by atoms with van der Waals surface area (Å²) in [7, 11) is 1.33. The maximum atomic E-state index is 12.8. The lowest BCUT2D eigenvalue weighted by molar-refractivity contribution is 0.0600. The third-order valence-electron chi connectivity index (χ3n) is 5.22. The van der Waals surface area contributed by atoms with E-state index in [1.165, 1.54) is 17.7 Å². The van der Waals surface area contributed by atoms with E-state index in [1.54, 1.807) is 44.2 Å². The van der Waals surface area contributed by atoms with Gasteiger partial charge in [-0.3, -0.25) is 4.79 Å². The van der Waals surface area contributed by atoms with E-state index in [1.807, 2.05) is 18.2 Å². The quantitative estimate of drug-likeness (QED) is 0.450. The summed E-state index contributed by atoms with van der Waals surface area (Å²) in [5.41, 5.74) is 1.20. The number of nitrogens with zero attached hydrogens (tertiary/aromatic N) is 1. The molecule has 0 saturated heterocycles. The van der Waals surface area contributed by atoms with Crippen molar-refractivity contribution in [3.05, 3.63) is 97.4 Å². The Kier molecular flexibility index (Phi) is 7.84. The number of pyridine rings is 1. The van der Waals surface area contributed by atoms with Gasteiger partial charge >= 0.3 is 5.97 Å². The molecule has 0 amide bonds. The van der Waals surface area contributed by atoms with Crippen molar-refractivity contribution in [2.45, 2.75) is 39.0 Å². The normalized spacial score (nSPS) is 11.3. The molecule has 8 heteroatoms. The number of carbonyl (C=O) groups excluding carboxylic acids is 1. The number of benzene rings is 2. The number of aromatic nitrogens is 1. The molecule has 174 valence electrons. The number of carbonyl (C=O) groups is 1. The standard InChI is InChI=1S/C25H25Cl2NO5/c1-25(2,31)18-5-4-6-19(13-18)33-15-22-20(26)14-21(27)23(29)28(22)12-11-16-7-9-17(10-8-16)24(30)32-3/h4-10,13-14,31H,11-12,15H2,1-3H3. The van der Waals surface area contributed by atoms with Gasteiger partial charge in [-0.2, -0.15) is 0 Å². The molecule has 0 aliphatic rings. The van der Waals surface area contributed by atoms with E-state index in [0.29, 0.717) is 40.6 Å². The molecule has 33 heavy (non-hydrogen) atoms. The highest BCUT2D eigenvalue weighted by atomic mass is 35.5. The van der Waals surface area contributed by atoms with Gasteiger partial charge < -0.3 is 19.1 Å². The predicted octanol–water partition coefficient (Wildman–Crippen LogP) is 4.99. The summed E-state index contributed by atoms with van der Waals surface area (Å²) >= 11 is 12.5. The Morgan fingerprint density at radius 3 is 2.39 bits per heavy atom. The summed E-state index contributed by atoms with van der Waals surface area (Å²) in [5.74, 6) is 0.130. The molecule has 0 aliphatic heterocycles. The lowest BCUT2D eigenvalue weighted by Gasteiger charge is -2.19. The van der Waals surface area contributed by atoms with Gasteiger partial charge in [0.25, 0.3) is 5.56 Å². The molecule has 3 aromatic rings. The molecule has 2 aromatic carbocycles. The van der Waals surface area contributed by atoms with Crippen LogP contribution in [0.4, 0.5) is 0 Å². The fourth-order valence-electron chi connectivity index (χ4n) is 3.30. The zero-order valence-electron chi connectivity index (χ0n) is 18.6. The van der Waals surface area contributed by atoms with Crippen molar-refractivity contribution in [3.63, 3.8) is 0 Å². The number of aliphatic hydroxyl groups is 1. The van der Waals surface area contributed by atoms with Gasteiger partial charge in [-0.15, -0.1) is 0 Å². The summed E-state index contributed by atoms with van der Waals surface area (Å²) < 4.78 is 12.1. The molecule has 3 rings (SSSR count). The first kappa shape index (κ1) is 24.8. The lowest BCUT2D eigenvalue weighted by Crippen LogP contribution is -2.26. The summed E-state index contributed by atoms with van der Waals surface area (Å²) in [4.78, 5) is 24.4. The Morgan fingerprint density at radius 2 is 1.76 bits per heavy atom. The second-order valence-corrected chi connectivity index (χ2v) is 8.87. The molecule has 1 heterocycles. The third kappa shape index (κ3) is 6.16. The number of methoxy groups -OCH3 is 1. The van der Waals surface area contributed by atoms with Crippen molar-refractivity contribution in [2.24, 2.45) is 0 Å². The highest BCUT2D eigenvalue weighted by Crippen LogP contribution is 2.25. The molecule has 1 N–H and O–H groups in total. The SMILES string of the molecule is COC(=O)c1ccc(CCn2c(COc3cccc(C(C)(C)O)c3)c(Cl)cc(Cl)c2=O)cc1. The van der Waals surface area contributed by atoms with Gasteiger partial charge in [0.2, 0.25) is 0 Å². The lowest BCUT2D eigenvalue weighted by atomic mass is 9.98. The highest BCUT2D eigenvalue weighted by Gasteiger charge is 2.17. The molecule has 0 atom stereocenters. The van der Waals surface area contributed by atoms with Crippen LogP contribution in [0.3, 0.4) is 0 Å². The van der Waals surface area contributed by atoms with Crippen LogP contribution in [-0.4, -0.2) is 22.8 Å². The molecular weight excluding hydrogens is 465 g/mol. The summed E-state index contributed by atoms with van der Waals surface area (Å²) in [5, 5.41) is 10.6. The van der Waals surface area contributed by atoms with Crippen LogP contribution in [0.25, 0.3) is 0 Å². The first-order valence-corrected chi connectivity index (χ1v) is 11.1. The third-order valence-corrected chi connectivity index (χ3v) is 5.82. The molecule has 0 spiro atoms. The molecular formula is C25H25Cl2NO5. The van der Waals surface area contributed by atoms with Crippen LogP contribution < -0.4 is 10.3 Å². The second-order valence-electron chi connectivity index (χ2n) is 8.06. The van der Waals surface area contributed by atoms with Crippen LogP contribution >= 0.6 is 23.2 Å². The monoisotopic (exact) mass is 489 g/mol. The number of halogens is 2. The van der Waals surface area contributed by atoms with Gasteiger partial charge in [-0.05, 0) is 61.7 Å². The minimum atomic E-state index is -1.01. The minimum Gasteiger partial charge on any atom is -0.487 e. The number of aryl methyl sites for hydroxylation is 1. The summed E-state index contributed by atoms with van der Waals surface area (Å²) in [6, 6.07) is 15.5. The Hall–Kier alpha value is -2.80. The Morgan fingerprint density at radius 1 is 1.06 bits per heavy atom. The van der Waals surface area contributed by atoms with Crippen LogP contribution in [0.1, 0.15) is 41.0 Å². The molecule has 0 unspecified atom stereocenters. The van der Waals surface area contributed by atoms with Crippen LogP contribution in [0.2, 0.25) is 10.0 Å². The van der Waals surface area contributed by atoms with Crippen LogP contribution in [-0.2, 0) is 29.9 Å². The van der Waals surface area contributed by atoms with Gasteiger partial charge in [-0.25, -0.2) is 4.79 Å². The number of hydrogen-bond donors (Lipinski definition) is 1. The van der Waals surface area contributed by atoms with E-state index in [9.17, 15) is 14.7 Å². The maximum Gasteiger partial charge on any atom is 0.337 e. The molecule has 0 radical (unpaired) electrons. The molecule has 0 fully saturated rings. The van der Waals surface area contributed by atoms with E-state index >= 15 is 0 Å². The van der Waals surface area contributed by atoms with Crippen molar-refractivity contribution in [3.8, 4) is 5.75 Å². The largest absolute Gasteiger partial charge is 0.487 e. The first-order valence-electron chi connectivity index (χ1n) is 10.3. The Bertz CT molecular complexity index is 1200. The van der Waals surface area contributed by atoms with Crippen LogP contribution in [0.5, 0.6) is 5.75 Å². The Labute approximate surface area is 202 Å². The minimum absolute atomic E-state index is 0.0221. The average molecular weight is 490 g/mol. The fourth-order valence-corrected chi connectivity index (χ4v) is 3.84. The molecule has 0 bridgehead atoms. The van der Waals surface area contributed by atoms with Gasteiger partial charge in [0.15, 0.2) is 0 Å². The van der Waals surface area contributed by atoms with Crippen molar-refractivity contribution >= 4 is 29.2 Å². The first-order chi connectivity index (χ1) is 15.6. The van der Waals surface area contributed by atoms with Gasteiger partial charge in [0.05, 0.1) is 29.0 Å². The van der Waals surface area contributed by atoms with Crippen LogP contribution in [0.15, 0.2) is 59.4 Å². The van der Waals surface area contributed by atoms with Crippen molar-refractivity contribution in [1.82, 2.24) is 4.57 Å². The van der Waals surface area contributed by atoms with Gasteiger partial charge in [-0.1, -0.05) is 47.5 Å². The molecule has 0 saturated carbocycles. The molecule has 0 aliphatic carbocycles. The number of hydrogen-bond acceptors (Lipinski definition) is 5. The zero-order valence-corrected chi connectivity index (χ0v) is 20.1. The Balaban J connectivity index is 1.81. The summed E-state index contributed by atoms with van der Waals surface area (Å²) in [6.07, 6.45) is 0.513. The van der Waals surface area contributed by atoms with E-state index in [4.69, 9.17) is 32.7 Å². The number of esters is 1. The van der Waals surface area contributed by atoms with E-state index in [-0.39, 0.29) is 17.2 Å². The topological polar surface area (TPSA) is 77.8 Å². The second kappa shape index (κ2) is 10.4. The molecule has 6 nitrogen and oxygen atoms in total. The fraction of sp³-hybridized carbons (Fsp3) is 0.280. The molecule has 1 aromatic heterocycles. The van der Waals surface area contributed by atoms with Crippen molar-refractivity contribution in [2.75, 3.05) is 7.11 Å². The highest BCUT2D eigenvalue weighted by molar-refractivity contribution is 6.34. The van der Waals surface area contributed by atoms with Gasteiger partial charge in [0.1, 0.15) is 17.4 Å². The average Bonchev–Trinajstić information content (AvgIpc) is 2.79. The van der Waals surface area contributed by atoms with E-state index in [2.05, 4.69) is 0 Å². The van der Waals surface area contributed by atoms with E-state index in [0.717, 1.165) is 5.56 Å². The maximum absolute atomic E-state index is 12.8. The van der Waals surface area contributed by atoms with Gasteiger partial charge in [0, 0.05) is 6.54 Å².